The minimum atomic E-state index is -0.610. The molecule has 0 unspecified atom stereocenters. The SMILES string of the molecule is O=Cc1ccc(F)cc1ON1C(=O)[C@@H]2[C@H](C1=O)[C@@H]1C=C[C@H]2C1. The van der Waals surface area contributed by atoms with E-state index in [-0.39, 0.29) is 23.1 Å². The number of aldehydes is 1. The molecule has 4 atom stereocenters. The second kappa shape index (κ2) is 4.50. The minimum absolute atomic E-state index is 0.0677. The van der Waals surface area contributed by atoms with Crippen LogP contribution in [0.2, 0.25) is 0 Å². The number of hydroxylamine groups is 2. The molecule has 112 valence electrons. The molecular formula is C16H12FNO4. The van der Waals surface area contributed by atoms with Gasteiger partial charge >= 0.3 is 0 Å². The molecule has 1 aromatic rings. The van der Waals surface area contributed by atoms with E-state index in [1.807, 2.05) is 12.2 Å². The van der Waals surface area contributed by atoms with Gasteiger partial charge in [0.25, 0.3) is 11.8 Å². The van der Waals surface area contributed by atoms with Gasteiger partial charge in [0, 0.05) is 6.07 Å². The molecule has 1 saturated carbocycles. The number of nitrogens with zero attached hydrogens (tertiary/aromatic N) is 1. The molecule has 1 saturated heterocycles. The van der Waals surface area contributed by atoms with Crippen LogP contribution in [-0.2, 0) is 9.59 Å². The lowest BCUT2D eigenvalue weighted by molar-refractivity contribution is -0.167. The third-order valence-corrected chi connectivity index (χ3v) is 4.72. The Morgan fingerprint density at radius 1 is 1.14 bits per heavy atom. The van der Waals surface area contributed by atoms with E-state index in [1.165, 1.54) is 6.07 Å². The van der Waals surface area contributed by atoms with Crippen molar-refractivity contribution in [1.29, 1.82) is 0 Å². The van der Waals surface area contributed by atoms with Crippen LogP contribution < -0.4 is 4.84 Å². The first kappa shape index (κ1) is 13.2. The molecule has 3 aliphatic rings. The van der Waals surface area contributed by atoms with Gasteiger partial charge in [-0.2, -0.15) is 0 Å². The lowest BCUT2D eigenvalue weighted by atomic mass is 9.85. The molecule has 1 aliphatic heterocycles. The summed E-state index contributed by atoms with van der Waals surface area (Å²) in [4.78, 5) is 41.2. The summed E-state index contributed by atoms with van der Waals surface area (Å²) in [5.41, 5.74) is 0.0835. The van der Waals surface area contributed by atoms with E-state index in [4.69, 9.17) is 4.84 Å². The standard InChI is InChI=1S/C16H12FNO4/c17-11-4-3-10(7-19)12(6-11)22-18-15(20)13-8-1-2-9(5-8)14(13)16(18)21/h1-4,6-9,13-14H,5H2/t8-,9+,13-,14+. The molecule has 1 aromatic carbocycles. The van der Waals surface area contributed by atoms with Gasteiger partial charge in [-0.3, -0.25) is 14.4 Å². The third-order valence-electron chi connectivity index (χ3n) is 4.72. The average Bonchev–Trinajstić information content (AvgIpc) is 3.17. The number of carbonyl (C=O) groups is 3. The van der Waals surface area contributed by atoms with Gasteiger partial charge in [0.2, 0.25) is 0 Å². The van der Waals surface area contributed by atoms with Crippen molar-refractivity contribution in [3.8, 4) is 5.75 Å². The summed E-state index contributed by atoms with van der Waals surface area (Å²) in [6.07, 6.45) is 5.26. The summed E-state index contributed by atoms with van der Waals surface area (Å²) in [5, 5.41) is 0.698. The number of fused-ring (bicyclic) bond motifs is 5. The number of halogens is 1. The second-order valence-electron chi connectivity index (χ2n) is 5.86. The fourth-order valence-electron chi connectivity index (χ4n) is 3.75. The van der Waals surface area contributed by atoms with E-state index in [0.717, 1.165) is 18.6 Å². The van der Waals surface area contributed by atoms with E-state index in [2.05, 4.69) is 0 Å². The topological polar surface area (TPSA) is 63.7 Å². The summed E-state index contributed by atoms with van der Waals surface area (Å²) in [6.45, 7) is 0. The molecule has 0 radical (unpaired) electrons. The third kappa shape index (κ3) is 1.66. The number of rotatable bonds is 3. The van der Waals surface area contributed by atoms with Gasteiger partial charge in [-0.15, -0.1) is 5.06 Å². The highest BCUT2D eigenvalue weighted by Crippen LogP contribution is 2.52. The Bertz CT molecular complexity index is 699. The lowest BCUT2D eigenvalue weighted by Crippen LogP contribution is -2.36. The first-order chi connectivity index (χ1) is 10.6. The highest BCUT2D eigenvalue weighted by atomic mass is 19.1. The van der Waals surface area contributed by atoms with Crippen LogP contribution >= 0.6 is 0 Å². The predicted molar refractivity (Wildman–Crippen MR) is 72.0 cm³/mol. The zero-order chi connectivity index (χ0) is 15.4. The Morgan fingerprint density at radius 3 is 2.36 bits per heavy atom. The highest BCUT2D eigenvalue weighted by Gasteiger charge is 2.60. The molecule has 0 N–H and O–H groups in total. The molecule has 2 amide bonds. The van der Waals surface area contributed by atoms with E-state index < -0.39 is 29.5 Å². The molecule has 2 aliphatic carbocycles. The number of hydrogen-bond donors (Lipinski definition) is 0. The monoisotopic (exact) mass is 301 g/mol. The van der Waals surface area contributed by atoms with Crippen molar-refractivity contribution >= 4 is 18.1 Å². The van der Waals surface area contributed by atoms with Gasteiger partial charge in [0.05, 0.1) is 17.4 Å². The maximum absolute atomic E-state index is 13.3. The van der Waals surface area contributed by atoms with Crippen LogP contribution in [0.5, 0.6) is 5.75 Å². The van der Waals surface area contributed by atoms with Crippen LogP contribution in [0.1, 0.15) is 16.8 Å². The first-order valence-corrected chi connectivity index (χ1v) is 7.09. The van der Waals surface area contributed by atoms with Crippen molar-refractivity contribution < 1.29 is 23.6 Å². The number of imide groups is 1. The molecule has 6 heteroatoms. The van der Waals surface area contributed by atoms with Crippen LogP contribution in [0.4, 0.5) is 4.39 Å². The summed E-state index contributed by atoms with van der Waals surface area (Å²) in [5.74, 6) is -2.21. The van der Waals surface area contributed by atoms with Crippen molar-refractivity contribution in [2.75, 3.05) is 0 Å². The van der Waals surface area contributed by atoms with Gasteiger partial charge in [0.1, 0.15) is 5.82 Å². The summed E-state index contributed by atoms with van der Waals surface area (Å²) in [6, 6.07) is 3.35. The van der Waals surface area contributed by atoms with E-state index in [1.54, 1.807) is 0 Å². The maximum Gasteiger partial charge on any atom is 0.267 e. The fraction of sp³-hybridized carbons (Fsp3) is 0.312. The number of benzene rings is 1. The molecule has 2 fully saturated rings. The van der Waals surface area contributed by atoms with Crippen LogP contribution in [0, 0.1) is 29.5 Å². The Kier molecular flexibility index (Phi) is 2.69. The normalized spacial score (nSPS) is 31.8. The molecule has 4 rings (SSSR count). The van der Waals surface area contributed by atoms with E-state index >= 15 is 0 Å². The molecule has 0 spiro atoms. The Balaban J connectivity index is 1.65. The van der Waals surface area contributed by atoms with Gasteiger partial charge < -0.3 is 4.84 Å². The maximum atomic E-state index is 13.3. The number of carbonyl (C=O) groups excluding carboxylic acids is 3. The molecule has 5 nitrogen and oxygen atoms in total. The molecule has 22 heavy (non-hydrogen) atoms. The number of amides is 2. The first-order valence-electron chi connectivity index (χ1n) is 7.09. The van der Waals surface area contributed by atoms with Crippen molar-refractivity contribution in [2.24, 2.45) is 23.7 Å². The van der Waals surface area contributed by atoms with Crippen molar-refractivity contribution in [2.45, 2.75) is 6.42 Å². The Labute approximate surface area is 125 Å². The summed E-state index contributed by atoms with van der Waals surface area (Å²) < 4.78 is 13.3. The Hall–Kier alpha value is -2.50. The molecule has 2 bridgehead atoms. The highest BCUT2D eigenvalue weighted by molar-refractivity contribution is 6.05. The van der Waals surface area contributed by atoms with E-state index in [9.17, 15) is 18.8 Å². The molecule has 1 heterocycles. The minimum Gasteiger partial charge on any atom is -0.368 e. The zero-order valence-corrected chi connectivity index (χ0v) is 11.4. The van der Waals surface area contributed by atoms with Gasteiger partial charge in [0.15, 0.2) is 12.0 Å². The lowest BCUT2D eigenvalue weighted by Gasteiger charge is -2.18. The van der Waals surface area contributed by atoms with Gasteiger partial charge in [-0.05, 0) is 30.4 Å². The quantitative estimate of drug-likeness (QED) is 0.484. The number of hydrogen-bond acceptors (Lipinski definition) is 4. The van der Waals surface area contributed by atoms with Crippen LogP contribution in [0.25, 0.3) is 0 Å². The van der Waals surface area contributed by atoms with Crippen LogP contribution in [0.3, 0.4) is 0 Å². The molecule has 0 aromatic heterocycles. The van der Waals surface area contributed by atoms with Gasteiger partial charge in [-0.25, -0.2) is 4.39 Å². The Morgan fingerprint density at radius 2 is 1.77 bits per heavy atom. The fourth-order valence-corrected chi connectivity index (χ4v) is 3.75. The van der Waals surface area contributed by atoms with E-state index in [0.29, 0.717) is 11.3 Å². The zero-order valence-electron chi connectivity index (χ0n) is 11.4. The van der Waals surface area contributed by atoms with Crippen molar-refractivity contribution in [3.05, 3.63) is 41.7 Å². The van der Waals surface area contributed by atoms with Gasteiger partial charge in [-0.1, -0.05) is 12.2 Å². The average molecular weight is 301 g/mol. The van der Waals surface area contributed by atoms with Crippen molar-refractivity contribution in [1.82, 2.24) is 5.06 Å². The summed E-state index contributed by atoms with van der Waals surface area (Å²) in [7, 11) is 0. The number of allylic oxidation sites excluding steroid dienone is 2. The van der Waals surface area contributed by atoms with Crippen LogP contribution in [-0.4, -0.2) is 23.2 Å². The van der Waals surface area contributed by atoms with Crippen molar-refractivity contribution in [3.63, 3.8) is 0 Å². The second-order valence-corrected chi connectivity index (χ2v) is 5.86. The predicted octanol–water partition coefficient (Wildman–Crippen LogP) is 1.74. The largest absolute Gasteiger partial charge is 0.368 e. The summed E-state index contributed by atoms with van der Waals surface area (Å²) >= 11 is 0. The smallest absolute Gasteiger partial charge is 0.267 e. The van der Waals surface area contributed by atoms with Crippen LogP contribution in [0.15, 0.2) is 30.4 Å². The molecular weight excluding hydrogens is 289 g/mol.